The van der Waals surface area contributed by atoms with E-state index < -0.39 is 86.2 Å². The van der Waals surface area contributed by atoms with Gasteiger partial charge in [-0.15, -0.1) is 11.8 Å². The molecule has 1 aromatic heterocycles. The van der Waals surface area contributed by atoms with Crippen LogP contribution in [0.2, 0.25) is 0 Å². The first kappa shape index (κ1) is 46.0. The number of carbonyl (C=O) groups excluding carboxylic acids is 4. The molecular formula is C33H44F4N6O12S. The number of carbonyl (C=O) groups is 4. The zero-order valence-electron chi connectivity index (χ0n) is 30.7. The van der Waals surface area contributed by atoms with Gasteiger partial charge in [0, 0.05) is 24.2 Å². The number of amidine groups is 1. The van der Waals surface area contributed by atoms with E-state index in [-0.39, 0.29) is 59.0 Å². The fourth-order valence-corrected chi connectivity index (χ4v) is 5.64. The fourth-order valence-electron chi connectivity index (χ4n) is 4.75. The SMILES string of the molecule is C=C1N=C(N)C=CN1[C@@H]1O[C@H](COC(=O)CSCC(=O)C(C)C)[C@H](O)C1(F)F.CC(C)C(=O)COCC(=O)OC[C@H]1O[C@@H](n2ccc(N)nc2=O)C(F)(F)[C@H]1O. The minimum Gasteiger partial charge on any atom is -0.462 e. The number of Topliss-reactive ketones (excluding diaryl/α,β-unsaturated/α-hetero) is 2. The molecule has 4 rings (SSSR count). The largest absolute Gasteiger partial charge is 0.462 e. The van der Waals surface area contributed by atoms with E-state index in [9.17, 15) is 51.7 Å². The summed E-state index contributed by atoms with van der Waals surface area (Å²) in [6.45, 7) is 8.26. The number of alkyl halides is 4. The summed E-state index contributed by atoms with van der Waals surface area (Å²) in [7, 11) is 0. The summed E-state index contributed by atoms with van der Waals surface area (Å²) in [6, 6.07) is 1.12. The van der Waals surface area contributed by atoms with Crippen molar-refractivity contribution in [3.05, 3.63) is 47.4 Å². The number of aliphatic hydroxyl groups is 2. The van der Waals surface area contributed by atoms with Gasteiger partial charge in [0.05, 0.1) is 11.5 Å². The normalized spacial score (nSPS) is 25.1. The van der Waals surface area contributed by atoms with Crippen LogP contribution in [-0.2, 0) is 42.9 Å². The molecule has 312 valence electrons. The van der Waals surface area contributed by atoms with Gasteiger partial charge < -0.3 is 50.3 Å². The molecule has 6 N–H and O–H groups in total. The Balaban J connectivity index is 0.000000300. The molecule has 4 heterocycles. The number of halogens is 4. The molecule has 1 aromatic rings. The third-order valence-corrected chi connectivity index (χ3v) is 9.04. The van der Waals surface area contributed by atoms with Crippen molar-refractivity contribution in [1.82, 2.24) is 14.5 Å². The molecule has 0 amide bonds. The average molecular weight is 825 g/mol. The molecule has 0 bridgehead atoms. The maximum absolute atomic E-state index is 14.4. The number of aliphatic imine (C=N–C) groups is 1. The summed E-state index contributed by atoms with van der Waals surface area (Å²) in [6.07, 6.45) is -8.08. The Labute approximate surface area is 321 Å². The quantitative estimate of drug-likeness (QED) is 0.130. The van der Waals surface area contributed by atoms with Gasteiger partial charge in [0.15, 0.2) is 18.0 Å². The highest BCUT2D eigenvalue weighted by Crippen LogP contribution is 2.42. The molecule has 2 saturated heterocycles. The van der Waals surface area contributed by atoms with Crippen molar-refractivity contribution in [3.8, 4) is 0 Å². The molecule has 23 heteroatoms. The molecule has 0 radical (unpaired) electrons. The van der Waals surface area contributed by atoms with Gasteiger partial charge in [-0.25, -0.2) is 14.6 Å². The smallest absolute Gasteiger partial charge is 0.351 e. The number of hydrogen-bond donors (Lipinski definition) is 4. The Morgan fingerprint density at radius 2 is 1.46 bits per heavy atom. The maximum Gasteiger partial charge on any atom is 0.351 e. The van der Waals surface area contributed by atoms with E-state index in [4.69, 9.17) is 35.2 Å². The van der Waals surface area contributed by atoms with Crippen LogP contribution in [0.25, 0.3) is 0 Å². The lowest BCUT2D eigenvalue weighted by Crippen LogP contribution is -2.47. The molecule has 3 aliphatic heterocycles. The fraction of sp³-hybridized carbons (Fsp3) is 0.606. The number of ketones is 2. The number of ether oxygens (including phenoxy) is 5. The number of aliphatic hydroxyl groups excluding tert-OH is 2. The van der Waals surface area contributed by atoms with Crippen molar-refractivity contribution in [3.63, 3.8) is 0 Å². The highest BCUT2D eigenvalue weighted by atomic mass is 32.2. The molecule has 0 unspecified atom stereocenters. The highest BCUT2D eigenvalue weighted by Gasteiger charge is 2.61. The molecule has 0 saturated carbocycles. The lowest BCUT2D eigenvalue weighted by atomic mass is 10.1. The predicted molar refractivity (Wildman–Crippen MR) is 189 cm³/mol. The van der Waals surface area contributed by atoms with Gasteiger partial charge in [-0.3, -0.25) is 19.0 Å². The molecule has 56 heavy (non-hydrogen) atoms. The maximum atomic E-state index is 14.4. The molecular weight excluding hydrogens is 780 g/mol. The lowest BCUT2D eigenvalue weighted by Gasteiger charge is -2.31. The van der Waals surface area contributed by atoms with E-state index in [0.717, 1.165) is 28.9 Å². The number of rotatable bonds is 16. The van der Waals surface area contributed by atoms with Gasteiger partial charge in [0.25, 0.3) is 0 Å². The number of nitrogen functional groups attached to an aromatic ring is 1. The van der Waals surface area contributed by atoms with Gasteiger partial charge in [0.1, 0.15) is 61.9 Å². The summed E-state index contributed by atoms with van der Waals surface area (Å²) in [4.78, 5) is 66.0. The van der Waals surface area contributed by atoms with Crippen LogP contribution >= 0.6 is 11.8 Å². The summed E-state index contributed by atoms with van der Waals surface area (Å²) in [5, 5.41) is 19.7. The summed E-state index contributed by atoms with van der Waals surface area (Å²) in [5.74, 6) is -9.83. The van der Waals surface area contributed by atoms with Crippen LogP contribution in [0.3, 0.4) is 0 Å². The Bertz CT molecular complexity index is 1730. The monoisotopic (exact) mass is 824 g/mol. The number of thioether (sulfide) groups is 1. The van der Waals surface area contributed by atoms with E-state index in [1.165, 1.54) is 12.3 Å². The van der Waals surface area contributed by atoms with Crippen molar-refractivity contribution in [2.45, 2.75) is 76.4 Å². The highest BCUT2D eigenvalue weighted by molar-refractivity contribution is 8.00. The van der Waals surface area contributed by atoms with Crippen LogP contribution in [0.4, 0.5) is 23.4 Å². The number of nitrogens with zero attached hydrogens (tertiary/aromatic N) is 4. The number of nitrogens with two attached hydrogens (primary N) is 2. The van der Waals surface area contributed by atoms with Crippen LogP contribution in [0.1, 0.15) is 33.9 Å². The van der Waals surface area contributed by atoms with E-state index >= 15 is 0 Å². The Hall–Kier alpha value is -4.42. The summed E-state index contributed by atoms with van der Waals surface area (Å²) in [5.41, 5.74) is 9.71. The molecule has 0 aliphatic carbocycles. The second-order valence-electron chi connectivity index (χ2n) is 13.1. The van der Waals surface area contributed by atoms with Crippen LogP contribution in [0, 0.1) is 11.8 Å². The Morgan fingerprint density at radius 1 is 0.911 bits per heavy atom. The van der Waals surface area contributed by atoms with Crippen LogP contribution in [0.15, 0.2) is 46.7 Å². The molecule has 0 aromatic carbocycles. The second kappa shape index (κ2) is 19.6. The van der Waals surface area contributed by atoms with Gasteiger partial charge in [0.2, 0.25) is 12.5 Å². The van der Waals surface area contributed by atoms with Gasteiger partial charge in [-0.1, -0.05) is 34.3 Å². The molecule has 6 atom stereocenters. The molecule has 18 nitrogen and oxygen atoms in total. The van der Waals surface area contributed by atoms with Crippen molar-refractivity contribution < 1.29 is 70.6 Å². The molecule has 0 spiro atoms. The van der Waals surface area contributed by atoms with E-state index in [2.05, 4.69) is 16.6 Å². The zero-order chi connectivity index (χ0) is 42.1. The predicted octanol–water partition coefficient (Wildman–Crippen LogP) is 0.371. The van der Waals surface area contributed by atoms with Gasteiger partial charge in [-0.05, 0) is 12.1 Å². The average Bonchev–Trinajstić information content (AvgIpc) is 3.48. The van der Waals surface area contributed by atoms with E-state index in [1.807, 2.05) is 0 Å². The molecule has 3 aliphatic rings. The van der Waals surface area contributed by atoms with Crippen molar-refractivity contribution >= 4 is 46.9 Å². The van der Waals surface area contributed by atoms with Crippen LogP contribution in [0.5, 0.6) is 0 Å². The first-order valence-corrected chi connectivity index (χ1v) is 18.0. The first-order valence-electron chi connectivity index (χ1n) is 16.9. The number of hydrogen-bond acceptors (Lipinski definition) is 18. The topological polar surface area (TPSA) is 257 Å². The minimum absolute atomic E-state index is 0.00653. The zero-order valence-corrected chi connectivity index (χ0v) is 31.5. The minimum atomic E-state index is -3.85. The van der Waals surface area contributed by atoms with Gasteiger partial charge >= 0.3 is 29.5 Å². The Kier molecular flexibility index (Phi) is 16.1. The van der Waals surface area contributed by atoms with E-state index in [0.29, 0.717) is 4.57 Å². The molecule has 2 fully saturated rings. The number of esters is 2. The summed E-state index contributed by atoms with van der Waals surface area (Å²) >= 11 is 1.07. The third-order valence-electron chi connectivity index (χ3n) is 8.11. The number of anilines is 1. The summed E-state index contributed by atoms with van der Waals surface area (Å²) < 4.78 is 82.8. The van der Waals surface area contributed by atoms with Crippen molar-refractivity contribution in [2.24, 2.45) is 22.6 Å². The Morgan fingerprint density at radius 3 is 2.02 bits per heavy atom. The lowest BCUT2D eigenvalue weighted by molar-refractivity contribution is -0.156. The number of aromatic nitrogens is 2. The van der Waals surface area contributed by atoms with Crippen molar-refractivity contribution in [2.75, 3.05) is 43.7 Å². The van der Waals surface area contributed by atoms with Crippen LogP contribution in [-0.4, -0.2) is 134 Å². The van der Waals surface area contributed by atoms with Crippen molar-refractivity contribution in [1.29, 1.82) is 0 Å². The standard InChI is InChI=1S/C17H23F2N3O5S.C16H21F2N3O7/c1-9(2)11(23)7-28-8-14(24)26-6-12-15(25)17(18,19)16(27-12)22-5-4-13(20)21-10(22)3;1-8(2)9(22)5-26-7-12(23)27-6-10-13(24)16(17,18)14(28-10)21-4-3-11(19)20-15(21)25/h4-5,9,12,15-16,25H,3,6-8H2,1-2H3,(H2,20,21);3-4,8,10,13-14,24H,5-7H2,1-2H3,(H2,19,20,25)/t12-,15+,16-;10-,13+,14-/m11/s1. The first-order chi connectivity index (χ1) is 26.1. The van der Waals surface area contributed by atoms with Crippen LogP contribution < -0.4 is 17.2 Å². The third kappa shape index (κ3) is 11.8. The second-order valence-corrected chi connectivity index (χ2v) is 14.1. The van der Waals surface area contributed by atoms with Gasteiger partial charge in [-0.2, -0.15) is 22.5 Å². The van der Waals surface area contributed by atoms with E-state index in [1.54, 1.807) is 27.7 Å².